The van der Waals surface area contributed by atoms with Crippen molar-refractivity contribution in [1.29, 1.82) is 0 Å². The molecule has 76 valence electrons. The molecule has 2 aromatic rings. The number of hydrogen-bond donors (Lipinski definition) is 1. The van der Waals surface area contributed by atoms with Gasteiger partial charge in [-0.25, -0.2) is 0 Å². The predicted octanol–water partition coefficient (Wildman–Crippen LogP) is 2.07. The largest absolute Gasteiger partial charge is 0.394 e. The van der Waals surface area contributed by atoms with Gasteiger partial charge in [-0.1, -0.05) is 23.7 Å². The number of nitrogen functional groups attached to an aromatic ring is 1. The summed E-state index contributed by atoms with van der Waals surface area (Å²) in [6.45, 7) is 0. The minimum atomic E-state index is -0.259. The summed E-state index contributed by atoms with van der Waals surface area (Å²) < 4.78 is 1.43. The summed E-state index contributed by atoms with van der Waals surface area (Å²) in [4.78, 5) is 11.7. The van der Waals surface area contributed by atoms with Crippen LogP contribution in [0.25, 0.3) is 5.69 Å². The zero-order chi connectivity index (χ0) is 10.8. The van der Waals surface area contributed by atoms with Crippen molar-refractivity contribution >= 4 is 17.3 Å². The summed E-state index contributed by atoms with van der Waals surface area (Å²) >= 11 is 5.98. The Labute approximate surface area is 91.7 Å². The van der Waals surface area contributed by atoms with E-state index >= 15 is 0 Å². The third-order valence-corrected chi connectivity index (χ3v) is 2.41. The SMILES string of the molecule is Nc1cccn(-c2ccccc2Cl)c1=O. The van der Waals surface area contributed by atoms with Gasteiger partial charge in [-0.2, -0.15) is 0 Å². The molecule has 15 heavy (non-hydrogen) atoms. The Balaban J connectivity index is 2.70. The maximum absolute atomic E-state index is 11.7. The van der Waals surface area contributed by atoms with Gasteiger partial charge >= 0.3 is 0 Å². The molecule has 0 radical (unpaired) electrons. The molecule has 2 N–H and O–H groups in total. The van der Waals surface area contributed by atoms with Gasteiger partial charge < -0.3 is 5.73 Å². The Kier molecular flexibility index (Phi) is 2.47. The standard InChI is InChI=1S/C11H9ClN2O/c12-8-4-1-2-6-10(8)14-7-3-5-9(13)11(14)15/h1-7H,13H2. The highest BCUT2D eigenvalue weighted by atomic mass is 35.5. The maximum atomic E-state index is 11.7. The zero-order valence-corrected chi connectivity index (χ0v) is 8.61. The fraction of sp³-hybridized carbons (Fsp3) is 0. The Morgan fingerprint density at radius 2 is 1.87 bits per heavy atom. The van der Waals surface area contributed by atoms with Crippen LogP contribution >= 0.6 is 11.6 Å². The first-order chi connectivity index (χ1) is 7.20. The average Bonchev–Trinajstić information content (AvgIpc) is 2.23. The van der Waals surface area contributed by atoms with Crippen molar-refractivity contribution in [3.05, 3.63) is 58.0 Å². The van der Waals surface area contributed by atoms with Gasteiger partial charge in [0.15, 0.2) is 0 Å². The second kappa shape index (κ2) is 3.79. The van der Waals surface area contributed by atoms with E-state index < -0.39 is 0 Å². The van der Waals surface area contributed by atoms with Crippen LogP contribution in [0.5, 0.6) is 0 Å². The van der Waals surface area contributed by atoms with E-state index in [0.29, 0.717) is 10.7 Å². The fourth-order valence-electron chi connectivity index (χ4n) is 1.35. The second-order valence-electron chi connectivity index (χ2n) is 3.09. The van der Waals surface area contributed by atoms with E-state index in [2.05, 4.69) is 0 Å². The van der Waals surface area contributed by atoms with Crippen LogP contribution < -0.4 is 11.3 Å². The first-order valence-corrected chi connectivity index (χ1v) is 4.80. The van der Waals surface area contributed by atoms with Gasteiger partial charge in [-0.05, 0) is 24.3 Å². The minimum Gasteiger partial charge on any atom is -0.394 e. The highest BCUT2D eigenvalue weighted by molar-refractivity contribution is 6.32. The Hall–Kier alpha value is -1.74. The van der Waals surface area contributed by atoms with Gasteiger partial charge in [0.2, 0.25) is 0 Å². The van der Waals surface area contributed by atoms with Crippen LogP contribution in [0.4, 0.5) is 5.69 Å². The minimum absolute atomic E-state index is 0.206. The molecule has 0 spiro atoms. The van der Waals surface area contributed by atoms with Crippen molar-refractivity contribution in [2.75, 3.05) is 5.73 Å². The van der Waals surface area contributed by atoms with Crippen LogP contribution in [0, 0.1) is 0 Å². The number of aromatic nitrogens is 1. The lowest BCUT2D eigenvalue weighted by Gasteiger charge is -2.07. The molecule has 0 saturated carbocycles. The first-order valence-electron chi connectivity index (χ1n) is 4.42. The highest BCUT2D eigenvalue weighted by Crippen LogP contribution is 2.18. The van der Waals surface area contributed by atoms with Gasteiger partial charge in [0.05, 0.1) is 16.4 Å². The normalized spacial score (nSPS) is 10.2. The van der Waals surface area contributed by atoms with Crippen LogP contribution in [0.3, 0.4) is 0 Å². The van der Waals surface area contributed by atoms with E-state index in [-0.39, 0.29) is 11.2 Å². The molecule has 0 fully saturated rings. The lowest BCUT2D eigenvalue weighted by atomic mass is 10.3. The molecule has 1 aromatic carbocycles. The molecular formula is C11H9ClN2O. The number of para-hydroxylation sites is 1. The summed E-state index contributed by atoms with van der Waals surface area (Å²) in [5, 5.41) is 0.519. The van der Waals surface area contributed by atoms with E-state index in [0.717, 1.165) is 0 Å². The smallest absolute Gasteiger partial charge is 0.278 e. The van der Waals surface area contributed by atoms with Crippen LogP contribution in [0.2, 0.25) is 5.02 Å². The van der Waals surface area contributed by atoms with E-state index in [1.54, 1.807) is 30.5 Å². The summed E-state index contributed by atoms with van der Waals surface area (Å²) in [6, 6.07) is 10.4. The van der Waals surface area contributed by atoms with E-state index in [9.17, 15) is 4.79 Å². The summed E-state index contributed by atoms with van der Waals surface area (Å²) in [6.07, 6.45) is 1.64. The summed E-state index contributed by atoms with van der Waals surface area (Å²) in [5.41, 5.74) is 6.11. The number of nitrogens with two attached hydrogens (primary N) is 1. The lowest BCUT2D eigenvalue weighted by molar-refractivity contribution is 0.995. The third-order valence-electron chi connectivity index (χ3n) is 2.09. The molecular weight excluding hydrogens is 212 g/mol. The Morgan fingerprint density at radius 1 is 1.13 bits per heavy atom. The molecule has 1 heterocycles. The van der Waals surface area contributed by atoms with Crippen molar-refractivity contribution in [1.82, 2.24) is 4.57 Å². The molecule has 0 atom stereocenters. The number of pyridine rings is 1. The molecule has 3 nitrogen and oxygen atoms in total. The predicted molar refractivity (Wildman–Crippen MR) is 61.5 cm³/mol. The molecule has 0 aliphatic rings. The molecule has 1 aromatic heterocycles. The average molecular weight is 221 g/mol. The van der Waals surface area contributed by atoms with Gasteiger partial charge in [0.25, 0.3) is 5.56 Å². The molecule has 0 aliphatic heterocycles. The van der Waals surface area contributed by atoms with Crippen LogP contribution in [-0.2, 0) is 0 Å². The fourth-order valence-corrected chi connectivity index (χ4v) is 1.57. The first kappa shape index (κ1) is 9.80. The van der Waals surface area contributed by atoms with Crippen LogP contribution in [-0.4, -0.2) is 4.57 Å². The van der Waals surface area contributed by atoms with Crippen LogP contribution in [0.15, 0.2) is 47.4 Å². The van der Waals surface area contributed by atoms with Crippen molar-refractivity contribution in [3.63, 3.8) is 0 Å². The number of benzene rings is 1. The molecule has 0 bridgehead atoms. The van der Waals surface area contributed by atoms with Crippen molar-refractivity contribution in [2.24, 2.45) is 0 Å². The van der Waals surface area contributed by atoms with E-state index in [1.807, 2.05) is 12.1 Å². The van der Waals surface area contributed by atoms with E-state index in [4.69, 9.17) is 17.3 Å². The van der Waals surface area contributed by atoms with Gasteiger partial charge in [0.1, 0.15) is 0 Å². The summed E-state index contributed by atoms with van der Waals surface area (Å²) in [5.74, 6) is 0. The molecule has 0 aliphatic carbocycles. The van der Waals surface area contributed by atoms with Gasteiger partial charge in [-0.15, -0.1) is 0 Å². The number of halogens is 1. The molecule has 0 amide bonds. The zero-order valence-electron chi connectivity index (χ0n) is 7.85. The Bertz CT molecular complexity index is 548. The molecule has 4 heteroatoms. The van der Waals surface area contributed by atoms with Crippen molar-refractivity contribution < 1.29 is 0 Å². The molecule has 0 unspecified atom stereocenters. The van der Waals surface area contributed by atoms with Crippen molar-refractivity contribution in [3.8, 4) is 5.69 Å². The monoisotopic (exact) mass is 220 g/mol. The Morgan fingerprint density at radius 3 is 2.60 bits per heavy atom. The number of anilines is 1. The lowest BCUT2D eigenvalue weighted by Crippen LogP contribution is -2.20. The van der Waals surface area contributed by atoms with Gasteiger partial charge in [-0.3, -0.25) is 9.36 Å². The van der Waals surface area contributed by atoms with Crippen LogP contribution in [0.1, 0.15) is 0 Å². The number of nitrogens with zero attached hydrogens (tertiary/aromatic N) is 1. The van der Waals surface area contributed by atoms with Gasteiger partial charge in [0, 0.05) is 6.20 Å². The number of rotatable bonds is 1. The van der Waals surface area contributed by atoms with Crippen molar-refractivity contribution in [2.45, 2.75) is 0 Å². The topological polar surface area (TPSA) is 48.0 Å². The molecule has 2 rings (SSSR count). The summed E-state index contributed by atoms with van der Waals surface area (Å²) in [7, 11) is 0. The third kappa shape index (κ3) is 1.74. The van der Waals surface area contributed by atoms with E-state index in [1.165, 1.54) is 4.57 Å². The second-order valence-corrected chi connectivity index (χ2v) is 3.50. The highest BCUT2D eigenvalue weighted by Gasteiger charge is 2.04. The number of hydrogen-bond acceptors (Lipinski definition) is 2. The maximum Gasteiger partial charge on any atom is 0.278 e. The quantitative estimate of drug-likeness (QED) is 0.800. The molecule has 0 saturated heterocycles.